The summed E-state index contributed by atoms with van der Waals surface area (Å²) in [5.41, 5.74) is 0. The van der Waals surface area contributed by atoms with E-state index in [1.165, 1.54) is 48.3 Å². The molecular weight excluding hydrogens is 504 g/mol. The molecule has 0 aromatic rings. The predicted molar refractivity (Wildman–Crippen MR) is 180 cm³/mol. The summed E-state index contributed by atoms with van der Waals surface area (Å²) in [5.74, 6) is 14.0. The minimum Gasteiger partial charge on any atom is -0.0528 e. The van der Waals surface area contributed by atoms with E-state index < -0.39 is 0 Å². The highest BCUT2D eigenvalue weighted by atomic mass is 14.5. The summed E-state index contributed by atoms with van der Waals surface area (Å²) in [6, 6.07) is 0. The van der Waals surface area contributed by atoms with Gasteiger partial charge in [0.1, 0.15) is 0 Å². The molecule has 0 radical (unpaired) electrons. The predicted octanol–water partition coefficient (Wildman–Crippen LogP) is 13.2. The average Bonchev–Trinajstić information content (AvgIpc) is 3.68. The molecule has 240 valence electrons. The standard InChI is InChI=1S/C10H16.C9H16.2C8H14.C7H12/c1-7-2-9-4-8(1)5-10(3-7)6-9;1-2-8-4-6-9(3-1)7-5-8;1-2-8-5-3-7(1)4-6-8;1-2-7-4-5-8(3-1)6-7;1-2-7-4-3-6(1)5-7/h7-10H,1-6H2;8-9H,1-7H2;2*7-8H,1-6H2;6-7H,1-5H2. The minimum absolute atomic E-state index is 1.14. The van der Waals surface area contributed by atoms with E-state index in [0.717, 1.165) is 35.5 Å². The second kappa shape index (κ2) is 15.1. The van der Waals surface area contributed by atoms with Gasteiger partial charge in [-0.3, -0.25) is 0 Å². The molecule has 42 heavy (non-hydrogen) atoms. The van der Waals surface area contributed by atoms with Gasteiger partial charge >= 0.3 is 0 Å². The molecular formula is C42H72. The highest BCUT2D eigenvalue weighted by Gasteiger charge is 2.41. The van der Waals surface area contributed by atoms with E-state index in [1.54, 1.807) is 180 Å². The van der Waals surface area contributed by atoms with Crippen molar-refractivity contribution in [1.29, 1.82) is 0 Å². The van der Waals surface area contributed by atoms with E-state index in [0.29, 0.717) is 0 Å². The molecule has 0 heterocycles. The number of rotatable bonds is 0. The van der Waals surface area contributed by atoms with Crippen molar-refractivity contribution in [2.75, 3.05) is 0 Å². The van der Waals surface area contributed by atoms with Crippen LogP contribution in [-0.2, 0) is 0 Å². The molecule has 0 aromatic heterocycles. The first kappa shape index (κ1) is 30.6. The quantitative estimate of drug-likeness (QED) is 0.269. The molecule has 14 rings (SSSR count). The van der Waals surface area contributed by atoms with Crippen molar-refractivity contribution in [3.05, 3.63) is 0 Å². The van der Waals surface area contributed by atoms with Crippen LogP contribution in [0.1, 0.15) is 193 Å². The zero-order valence-electron chi connectivity index (χ0n) is 28.1. The lowest BCUT2D eigenvalue weighted by atomic mass is 9.56. The van der Waals surface area contributed by atoms with Crippen molar-refractivity contribution in [3.8, 4) is 0 Å². The molecule has 0 aliphatic heterocycles. The molecule has 14 saturated carbocycles. The summed E-state index contributed by atoms with van der Waals surface area (Å²) in [4.78, 5) is 0. The van der Waals surface area contributed by atoms with Gasteiger partial charge in [-0.2, -0.15) is 0 Å². The maximum absolute atomic E-state index is 1.60. The summed E-state index contributed by atoms with van der Waals surface area (Å²) < 4.78 is 0. The monoisotopic (exact) mass is 577 g/mol. The van der Waals surface area contributed by atoms with Crippen molar-refractivity contribution in [1.82, 2.24) is 0 Å². The van der Waals surface area contributed by atoms with Gasteiger partial charge in [-0.1, -0.05) is 141 Å². The molecule has 0 spiro atoms. The Morgan fingerprint density at radius 3 is 0.548 bits per heavy atom. The SMILES string of the molecule is C1C2CC3CC1CC(C2)C3.C1CC2CCC(C1)C2.C1CC2CCC(C1)CC2.C1CC2CCC1C2.C1CC2CCC1CC2. The number of fused-ring (bicyclic) bond motifs is 11. The molecule has 0 heteroatoms. The van der Waals surface area contributed by atoms with Crippen LogP contribution >= 0.6 is 0 Å². The van der Waals surface area contributed by atoms with Crippen LogP contribution in [-0.4, -0.2) is 0 Å². The maximum atomic E-state index is 1.60. The van der Waals surface area contributed by atoms with E-state index in [-0.39, 0.29) is 0 Å². The van der Waals surface area contributed by atoms with Gasteiger partial charge in [0.05, 0.1) is 0 Å². The van der Waals surface area contributed by atoms with E-state index in [2.05, 4.69) is 0 Å². The highest BCUT2D eigenvalue weighted by Crippen LogP contribution is 2.53. The lowest BCUT2D eigenvalue weighted by Crippen LogP contribution is -2.38. The third kappa shape index (κ3) is 8.62. The molecule has 0 amide bonds. The van der Waals surface area contributed by atoms with Gasteiger partial charge in [0.25, 0.3) is 0 Å². The van der Waals surface area contributed by atoms with E-state index >= 15 is 0 Å². The van der Waals surface area contributed by atoms with Crippen molar-refractivity contribution in [2.45, 2.75) is 193 Å². The van der Waals surface area contributed by atoms with Crippen molar-refractivity contribution in [2.24, 2.45) is 71.0 Å². The fraction of sp³-hybridized carbons (Fsp3) is 1.00. The first-order chi connectivity index (χ1) is 20.7. The smallest absolute Gasteiger partial charge is 0.0406 e. The zero-order valence-corrected chi connectivity index (χ0v) is 28.1. The molecule has 0 N–H and O–H groups in total. The third-order valence-electron chi connectivity index (χ3n) is 15.6. The second-order valence-electron chi connectivity index (χ2n) is 18.8. The molecule has 2 unspecified atom stereocenters. The van der Waals surface area contributed by atoms with Crippen LogP contribution in [0, 0.1) is 71.0 Å². The summed E-state index contributed by atoms with van der Waals surface area (Å²) in [6.07, 6.45) is 47.0. The molecule has 14 aliphatic rings. The lowest BCUT2D eigenvalue weighted by molar-refractivity contribution is 0.0198. The minimum atomic E-state index is 1.14. The molecule has 14 fully saturated rings. The van der Waals surface area contributed by atoms with Crippen LogP contribution in [0.25, 0.3) is 0 Å². The van der Waals surface area contributed by atoms with Crippen LogP contribution in [0.3, 0.4) is 0 Å². The number of hydrogen-bond donors (Lipinski definition) is 0. The van der Waals surface area contributed by atoms with Crippen LogP contribution in [0.15, 0.2) is 0 Å². The first-order valence-corrected chi connectivity index (χ1v) is 20.7. The van der Waals surface area contributed by atoms with Gasteiger partial charge in [0.15, 0.2) is 0 Å². The first-order valence-electron chi connectivity index (χ1n) is 20.7. The Hall–Kier alpha value is 0. The lowest BCUT2D eigenvalue weighted by Gasteiger charge is -2.49. The summed E-state index contributed by atoms with van der Waals surface area (Å²) in [6.45, 7) is 0. The van der Waals surface area contributed by atoms with E-state index in [9.17, 15) is 0 Å². The van der Waals surface area contributed by atoms with Gasteiger partial charge in [-0.15, -0.1) is 0 Å². The summed E-state index contributed by atoms with van der Waals surface area (Å²) >= 11 is 0. The Kier molecular flexibility index (Phi) is 11.0. The molecule has 0 nitrogen and oxygen atoms in total. The Labute approximate surface area is 263 Å². The average molecular weight is 577 g/mol. The maximum Gasteiger partial charge on any atom is -0.0406 e. The van der Waals surface area contributed by atoms with Crippen LogP contribution in [0.2, 0.25) is 0 Å². The molecule has 14 aliphatic carbocycles. The zero-order chi connectivity index (χ0) is 28.1. The third-order valence-corrected chi connectivity index (χ3v) is 15.6. The van der Waals surface area contributed by atoms with Gasteiger partial charge in [-0.05, 0) is 122 Å². The van der Waals surface area contributed by atoms with Gasteiger partial charge in [-0.25, -0.2) is 0 Å². The Morgan fingerprint density at radius 1 is 0.143 bits per heavy atom. The Bertz CT molecular complexity index is 638. The van der Waals surface area contributed by atoms with Crippen molar-refractivity contribution in [3.63, 3.8) is 0 Å². The summed E-state index contributed by atoms with van der Waals surface area (Å²) in [7, 11) is 0. The number of hydrogen-bond acceptors (Lipinski definition) is 0. The fourth-order valence-corrected chi connectivity index (χ4v) is 13.3. The van der Waals surface area contributed by atoms with Gasteiger partial charge in [0.2, 0.25) is 0 Å². The fourth-order valence-electron chi connectivity index (χ4n) is 13.3. The Morgan fingerprint density at radius 2 is 0.310 bits per heavy atom. The highest BCUT2D eigenvalue weighted by molar-refractivity contribution is 4.93. The normalized spacial score (nSPS) is 48.0. The van der Waals surface area contributed by atoms with Gasteiger partial charge < -0.3 is 0 Å². The van der Waals surface area contributed by atoms with Crippen LogP contribution in [0.5, 0.6) is 0 Å². The van der Waals surface area contributed by atoms with E-state index in [4.69, 9.17) is 0 Å². The van der Waals surface area contributed by atoms with Gasteiger partial charge in [0, 0.05) is 0 Å². The molecule has 0 aromatic carbocycles. The largest absolute Gasteiger partial charge is 0.0528 e. The molecule has 12 bridgehead atoms. The van der Waals surface area contributed by atoms with Crippen molar-refractivity contribution >= 4 is 0 Å². The second-order valence-corrected chi connectivity index (χ2v) is 18.8. The Balaban J connectivity index is 0.0000000862. The topological polar surface area (TPSA) is 0 Å². The van der Waals surface area contributed by atoms with E-state index in [1.807, 2.05) is 0 Å². The summed E-state index contributed by atoms with van der Waals surface area (Å²) in [5, 5.41) is 0. The van der Waals surface area contributed by atoms with Crippen LogP contribution in [0.4, 0.5) is 0 Å². The van der Waals surface area contributed by atoms with Crippen LogP contribution < -0.4 is 0 Å². The molecule has 2 atom stereocenters. The van der Waals surface area contributed by atoms with Crippen molar-refractivity contribution < 1.29 is 0 Å². The molecule has 0 saturated heterocycles.